The summed E-state index contributed by atoms with van der Waals surface area (Å²) in [6.45, 7) is 10.1. The standard InChI is InChI=1S/C18H26SeSi2/c1-20(2,17-11-7-5-8-12-17)15-19-16-21(3,4)18-13-9-6-10-14-18/h5-14H,15-16H2,1-4H3. The molecule has 0 unspecified atom stereocenters. The van der Waals surface area contributed by atoms with E-state index in [2.05, 4.69) is 86.9 Å². The molecule has 0 nitrogen and oxygen atoms in total. The molecule has 0 amide bonds. The first kappa shape index (κ1) is 16.8. The maximum atomic E-state index is 2.53. The third-order valence-corrected chi connectivity index (χ3v) is 21.3. The van der Waals surface area contributed by atoms with Gasteiger partial charge in [-0.05, 0) is 0 Å². The van der Waals surface area contributed by atoms with Gasteiger partial charge in [0.2, 0.25) is 0 Å². The van der Waals surface area contributed by atoms with Crippen molar-refractivity contribution in [1.29, 1.82) is 0 Å². The second-order valence-electron chi connectivity index (χ2n) is 6.99. The molecule has 0 aliphatic carbocycles. The van der Waals surface area contributed by atoms with Crippen LogP contribution in [0.4, 0.5) is 0 Å². The molecule has 0 heterocycles. The van der Waals surface area contributed by atoms with E-state index in [1.165, 1.54) is 9.89 Å². The Bertz CT molecular complexity index is 498. The molecule has 0 N–H and O–H groups in total. The van der Waals surface area contributed by atoms with Gasteiger partial charge in [0.1, 0.15) is 0 Å². The molecule has 112 valence electrons. The van der Waals surface area contributed by atoms with Gasteiger partial charge in [-0.15, -0.1) is 0 Å². The zero-order valence-corrected chi connectivity index (χ0v) is 17.3. The van der Waals surface area contributed by atoms with E-state index in [4.69, 9.17) is 0 Å². The van der Waals surface area contributed by atoms with Crippen LogP contribution >= 0.6 is 0 Å². The molecule has 2 aromatic carbocycles. The summed E-state index contributed by atoms with van der Waals surface area (Å²) < 4.78 is 0. The molecule has 0 aliphatic rings. The minimum atomic E-state index is -1.23. The predicted octanol–water partition coefficient (Wildman–Crippen LogP) is 3.84. The van der Waals surface area contributed by atoms with E-state index in [0.29, 0.717) is 0 Å². The Morgan fingerprint density at radius 2 is 0.952 bits per heavy atom. The van der Waals surface area contributed by atoms with Gasteiger partial charge in [-0.3, -0.25) is 0 Å². The molecule has 2 rings (SSSR count). The third kappa shape index (κ3) is 4.68. The van der Waals surface area contributed by atoms with Crippen LogP contribution in [0.5, 0.6) is 0 Å². The van der Waals surface area contributed by atoms with E-state index in [-0.39, 0.29) is 0 Å². The van der Waals surface area contributed by atoms with Gasteiger partial charge >= 0.3 is 138 Å². The Labute approximate surface area is 138 Å². The number of benzene rings is 2. The van der Waals surface area contributed by atoms with Gasteiger partial charge in [0.05, 0.1) is 0 Å². The van der Waals surface area contributed by atoms with Crippen LogP contribution in [0, 0.1) is 0 Å². The zero-order valence-electron chi connectivity index (χ0n) is 13.6. The van der Waals surface area contributed by atoms with Crippen molar-refractivity contribution in [3.8, 4) is 0 Å². The van der Waals surface area contributed by atoms with Crippen molar-refractivity contribution in [2.75, 3.05) is 0 Å². The van der Waals surface area contributed by atoms with Gasteiger partial charge in [-0.1, -0.05) is 0 Å². The van der Waals surface area contributed by atoms with Crippen molar-refractivity contribution < 1.29 is 0 Å². The molecule has 0 fully saturated rings. The van der Waals surface area contributed by atoms with Gasteiger partial charge in [-0.2, -0.15) is 0 Å². The van der Waals surface area contributed by atoms with E-state index < -0.39 is 16.1 Å². The van der Waals surface area contributed by atoms with Gasteiger partial charge in [0.25, 0.3) is 0 Å². The summed E-state index contributed by atoms with van der Waals surface area (Å²) in [5.74, 6) is 0. The van der Waals surface area contributed by atoms with Gasteiger partial charge in [0, 0.05) is 0 Å². The molecule has 0 spiro atoms. The first-order valence-electron chi connectivity index (χ1n) is 7.61. The van der Waals surface area contributed by atoms with Crippen LogP contribution in [0.15, 0.2) is 60.7 Å². The number of hydrogen-bond acceptors (Lipinski definition) is 0. The summed E-state index contributed by atoms with van der Waals surface area (Å²) in [6, 6.07) is 22.4. The SMILES string of the molecule is C[Si](C)(C[Se]C[Si](C)(C)c1ccccc1)c1ccccc1. The molecular formula is C18H26SeSi2. The van der Waals surface area contributed by atoms with Crippen LogP contribution in [0.1, 0.15) is 0 Å². The third-order valence-electron chi connectivity index (χ3n) is 4.04. The van der Waals surface area contributed by atoms with Crippen LogP contribution in [0.3, 0.4) is 0 Å². The van der Waals surface area contributed by atoms with Crippen molar-refractivity contribution in [2.24, 2.45) is 0 Å². The Morgan fingerprint density at radius 1 is 0.619 bits per heavy atom. The van der Waals surface area contributed by atoms with E-state index in [1.807, 2.05) is 0 Å². The van der Waals surface area contributed by atoms with Gasteiger partial charge in [-0.25, -0.2) is 0 Å². The fourth-order valence-corrected chi connectivity index (χ4v) is 16.9. The summed E-state index contributed by atoms with van der Waals surface area (Å²) in [7, 11) is -2.46. The summed E-state index contributed by atoms with van der Waals surface area (Å²) in [5.41, 5.74) is 0. The Kier molecular flexibility index (Phi) is 5.67. The quantitative estimate of drug-likeness (QED) is 0.671. The van der Waals surface area contributed by atoms with Crippen molar-refractivity contribution in [3.05, 3.63) is 60.7 Å². The van der Waals surface area contributed by atoms with Crippen molar-refractivity contribution in [1.82, 2.24) is 0 Å². The normalized spacial score (nSPS) is 12.4. The molecule has 0 saturated heterocycles. The fraction of sp³-hybridized carbons (Fsp3) is 0.333. The molecule has 2 aromatic rings. The first-order chi connectivity index (χ1) is 9.92. The van der Waals surface area contributed by atoms with Crippen LogP contribution in [0.25, 0.3) is 0 Å². The molecule has 21 heavy (non-hydrogen) atoms. The summed E-state index contributed by atoms with van der Waals surface area (Å²) in [4.78, 5) is 2.93. The first-order valence-corrected chi connectivity index (χ1v) is 16.4. The second kappa shape index (κ2) is 7.10. The number of rotatable bonds is 6. The minimum absolute atomic E-state index is 0.775. The summed E-state index contributed by atoms with van der Waals surface area (Å²) in [6.07, 6.45) is 0. The average molecular weight is 378 g/mol. The molecule has 0 atom stereocenters. The van der Waals surface area contributed by atoms with Crippen molar-refractivity contribution in [3.63, 3.8) is 0 Å². The maximum absolute atomic E-state index is 2.53. The van der Waals surface area contributed by atoms with E-state index in [1.54, 1.807) is 10.4 Å². The van der Waals surface area contributed by atoms with Crippen LogP contribution in [-0.4, -0.2) is 31.1 Å². The molecule has 0 radical (unpaired) electrons. The zero-order chi connectivity index (χ0) is 15.3. The number of hydrogen-bond donors (Lipinski definition) is 0. The monoisotopic (exact) mass is 378 g/mol. The summed E-state index contributed by atoms with van der Waals surface area (Å²) >= 11 is 0.775. The van der Waals surface area contributed by atoms with E-state index in [9.17, 15) is 0 Å². The average Bonchev–Trinajstić information content (AvgIpc) is 2.49. The van der Waals surface area contributed by atoms with E-state index >= 15 is 0 Å². The summed E-state index contributed by atoms with van der Waals surface area (Å²) in [5, 5.41) is 3.23. The topological polar surface area (TPSA) is 0 Å². The molecular weight excluding hydrogens is 351 g/mol. The molecule has 0 aliphatic heterocycles. The predicted molar refractivity (Wildman–Crippen MR) is 102 cm³/mol. The Hall–Kier alpha value is -0.607. The van der Waals surface area contributed by atoms with Crippen molar-refractivity contribution in [2.45, 2.75) is 36.1 Å². The molecule has 3 heteroatoms. The molecule has 0 saturated carbocycles. The molecule has 0 bridgehead atoms. The van der Waals surface area contributed by atoms with Crippen LogP contribution in [-0.2, 0) is 0 Å². The van der Waals surface area contributed by atoms with Crippen molar-refractivity contribution >= 4 is 41.5 Å². The van der Waals surface area contributed by atoms with Gasteiger partial charge in [0.15, 0.2) is 0 Å². The Morgan fingerprint density at radius 3 is 1.29 bits per heavy atom. The second-order valence-corrected chi connectivity index (χ2v) is 20.8. The fourth-order valence-electron chi connectivity index (χ4n) is 2.51. The van der Waals surface area contributed by atoms with Crippen LogP contribution in [0.2, 0.25) is 36.1 Å². The van der Waals surface area contributed by atoms with E-state index in [0.717, 1.165) is 15.0 Å². The Balaban J connectivity index is 1.95. The molecule has 0 aromatic heterocycles. The van der Waals surface area contributed by atoms with Crippen LogP contribution < -0.4 is 10.4 Å². The van der Waals surface area contributed by atoms with Gasteiger partial charge < -0.3 is 0 Å².